The number of rotatable bonds is 4. The van der Waals surface area contributed by atoms with Crippen LogP contribution in [-0.4, -0.2) is 7.11 Å². The van der Waals surface area contributed by atoms with E-state index in [2.05, 4.69) is 19.1 Å². The number of benzene rings is 2. The van der Waals surface area contributed by atoms with E-state index < -0.39 is 0 Å². The molecule has 0 aliphatic carbocycles. The van der Waals surface area contributed by atoms with Gasteiger partial charge in [-0.1, -0.05) is 48.5 Å². The normalized spacial score (nSPS) is 12.1. The number of hydrogen-bond acceptors (Lipinski definition) is 2. The number of hydroxylamine groups is 1. The Hall–Kier alpha value is -1.80. The second kappa shape index (κ2) is 5.51. The molecule has 2 nitrogen and oxygen atoms in total. The Bertz CT molecular complexity index is 441. The lowest BCUT2D eigenvalue weighted by atomic mass is 10.1. The minimum Gasteiger partial charge on any atom is -0.276 e. The molecule has 2 aromatic carbocycles. The maximum absolute atomic E-state index is 5.49. The number of para-hydroxylation sites is 1. The zero-order chi connectivity index (χ0) is 12.1. The molecule has 0 saturated heterocycles. The monoisotopic (exact) mass is 227 g/mol. The average molecular weight is 227 g/mol. The van der Waals surface area contributed by atoms with Gasteiger partial charge in [-0.3, -0.25) is 4.84 Å². The summed E-state index contributed by atoms with van der Waals surface area (Å²) < 4.78 is 0. The second-order valence-corrected chi connectivity index (χ2v) is 3.93. The molecule has 0 radical (unpaired) electrons. The van der Waals surface area contributed by atoms with Gasteiger partial charge in [-0.05, 0) is 24.6 Å². The molecule has 0 bridgehead atoms. The van der Waals surface area contributed by atoms with Crippen LogP contribution in [0.15, 0.2) is 60.7 Å². The Morgan fingerprint density at radius 3 is 1.94 bits per heavy atom. The van der Waals surface area contributed by atoms with Crippen LogP contribution in [0.4, 0.5) is 5.69 Å². The maximum atomic E-state index is 5.49. The van der Waals surface area contributed by atoms with Crippen molar-refractivity contribution in [2.75, 3.05) is 12.2 Å². The highest BCUT2D eigenvalue weighted by molar-refractivity contribution is 5.45. The predicted octanol–water partition coefficient (Wildman–Crippen LogP) is 3.82. The zero-order valence-electron chi connectivity index (χ0n) is 10.2. The summed E-state index contributed by atoms with van der Waals surface area (Å²) in [5.41, 5.74) is 2.30. The standard InChI is InChI=1S/C15H17NO/c1-13(14-9-5-3-6-10-14)16(17-2)15-11-7-4-8-12-15/h3-13H,1-2H3/t13-/m1/s1. The highest BCUT2D eigenvalue weighted by Crippen LogP contribution is 2.26. The lowest BCUT2D eigenvalue weighted by molar-refractivity contribution is 0.144. The van der Waals surface area contributed by atoms with Crippen LogP contribution in [0.1, 0.15) is 18.5 Å². The summed E-state index contributed by atoms with van der Waals surface area (Å²) in [5.74, 6) is 0. The van der Waals surface area contributed by atoms with Crippen molar-refractivity contribution in [1.82, 2.24) is 0 Å². The SMILES string of the molecule is CON(c1ccccc1)[C@H](C)c1ccccc1. The first-order valence-corrected chi connectivity index (χ1v) is 5.76. The molecule has 0 fully saturated rings. The average Bonchev–Trinajstić information content (AvgIpc) is 2.42. The summed E-state index contributed by atoms with van der Waals surface area (Å²) in [4.78, 5) is 5.49. The molecule has 0 spiro atoms. The van der Waals surface area contributed by atoms with Crippen LogP contribution in [0.3, 0.4) is 0 Å². The van der Waals surface area contributed by atoms with Crippen molar-refractivity contribution < 1.29 is 4.84 Å². The van der Waals surface area contributed by atoms with Gasteiger partial charge in [-0.25, -0.2) is 5.06 Å². The van der Waals surface area contributed by atoms with Gasteiger partial charge < -0.3 is 0 Å². The molecular weight excluding hydrogens is 210 g/mol. The molecule has 17 heavy (non-hydrogen) atoms. The van der Waals surface area contributed by atoms with Gasteiger partial charge in [0.25, 0.3) is 0 Å². The predicted molar refractivity (Wildman–Crippen MR) is 70.8 cm³/mol. The number of anilines is 1. The highest BCUT2D eigenvalue weighted by atomic mass is 16.7. The molecule has 0 aliphatic heterocycles. The van der Waals surface area contributed by atoms with Crippen molar-refractivity contribution in [2.45, 2.75) is 13.0 Å². The maximum Gasteiger partial charge on any atom is 0.0787 e. The minimum atomic E-state index is 0.184. The fraction of sp³-hybridized carbons (Fsp3) is 0.200. The van der Waals surface area contributed by atoms with E-state index in [4.69, 9.17) is 4.84 Å². The molecule has 2 heteroatoms. The Kier molecular flexibility index (Phi) is 3.78. The molecule has 0 unspecified atom stereocenters. The third-order valence-corrected chi connectivity index (χ3v) is 2.84. The third-order valence-electron chi connectivity index (χ3n) is 2.84. The summed E-state index contributed by atoms with van der Waals surface area (Å²) in [6.45, 7) is 2.13. The Morgan fingerprint density at radius 2 is 1.41 bits per heavy atom. The van der Waals surface area contributed by atoms with Crippen molar-refractivity contribution in [3.05, 3.63) is 66.2 Å². The largest absolute Gasteiger partial charge is 0.276 e. The van der Waals surface area contributed by atoms with Crippen LogP contribution in [0.2, 0.25) is 0 Å². The summed E-state index contributed by atoms with van der Waals surface area (Å²) in [7, 11) is 1.70. The van der Waals surface area contributed by atoms with Gasteiger partial charge in [0.1, 0.15) is 0 Å². The fourth-order valence-electron chi connectivity index (χ4n) is 1.93. The first-order chi connectivity index (χ1) is 8.33. The van der Waals surface area contributed by atoms with Crippen molar-refractivity contribution in [3.63, 3.8) is 0 Å². The van der Waals surface area contributed by atoms with Crippen LogP contribution in [0.5, 0.6) is 0 Å². The fourth-order valence-corrected chi connectivity index (χ4v) is 1.93. The summed E-state index contributed by atoms with van der Waals surface area (Å²) in [6.07, 6.45) is 0. The van der Waals surface area contributed by atoms with E-state index in [9.17, 15) is 0 Å². The Morgan fingerprint density at radius 1 is 0.882 bits per heavy atom. The van der Waals surface area contributed by atoms with Crippen molar-refractivity contribution >= 4 is 5.69 Å². The molecule has 88 valence electrons. The van der Waals surface area contributed by atoms with Gasteiger partial charge >= 0.3 is 0 Å². The topological polar surface area (TPSA) is 12.5 Å². The van der Waals surface area contributed by atoms with Crippen molar-refractivity contribution in [2.24, 2.45) is 0 Å². The summed E-state index contributed by atoms with van der Waals surface area (Å²) in [6, 6.07) is 20.6. The van der Waals surface area contributed by atoms with Gasteiger partial charge in [0, 0.05) is 0 Å². The van der Waals surface area contributed by atoms with Crippen LogP contribution in [-0.2, 0) is 4.84 Å². The molecule has 0 aromatic heterocycles. The van der Waals surface area contributed by atoms with E-state index in [1.807, 2.05) is 53.6 Å². The van der Waals surface area contributed by atoms with Crippen molar-refractivity contribution in [3.8, 4) is 0 Å². The molecular formula is C15H17NO. The molecule has 0 heterocycles. The summed E-state index contributed by atoms with van der Waals surface area (Å²) >= 11 is 0. The second-order valence-electron chi connectivity index (χ2n) is 3.93. The Labute approximate surface area is 102 Å². The van der Waals surface area contributed by atoms with Crippen LogP contribution in [0, 0.1) is 0 Å². The van der Waals surface area contributed by atoms with Gasteiger partial charge in [0.2, 0.25) is 0 Å². The van der Waals surface area contributed by atoms with Crippen LogP contribution in [0.25, 0.3) is 0 Å². The molecule has 2 aromatic rings. The van der Waals surface area contributed by atoms with Gasteiger partial charge in [-0.2, -0.15) is 0 Å². The van der Waals surface area contributed by atoms with E-state index >= 15 is 0 Å². The molecule has 0 N–H and O–H groups in total. The van der Waals surface area contributed by atoms with Crippen LogP contribution < -0.4 is 5.06 Å². The number of nitrogens with zero attached hydrogens (tertiary/aromatic N) is 1. The summed E-state index contributed by atoms with van der Waals surface area (Å²) in [5, 5.41) is 1.91. The zero-order valence-corrected chi connectivity index (χ0v) is 10.2. The lowest BCUT2D eigenvalue weighted by Crippen LogP contribution is -2.25. The minimum absolute atomic E-state index is 0.184. The quantitative estimate of drug-likeness (QED) is 0.736. The van der Waals surface area contributed by atoms with E-state index in [1.54, 1.807) is 7.11 Å². The van der Waals surface area contributed by atoms with E-state index in [-0.39, 0.29) is 6.04 Å². The Balaban J connectivity index is 2.25. The third kappa shape index (κ3) is 2.66. The highest BCUT2D eigenvalue weighted by Gasteiger charge is 2.15. The first kappa shape index (κ1) is 11.7. The lowest BCUT2D eigenvalue weighted by Gasteiger charge is -2.28. The molecule has 0 saturated carbocycles. The smallest absolute Gasteiger partial charge is 0.0787 e. The molecule has 0 aliphatic rings. The first-order valence-electron chi connectivity index (χ1n) is 5.76. The molecule has 0 amide bonds. The number of hydrogen-bond donors (Lipinski definition) is 0. The van der Waals surface area contributed by atoms with E-state index in [0.717, 1.165) is 5.69 Å². The van der Waals surface area contributed by atoms with Gasteiger partial charge in [0.05, 0.1) is 18.8 Å². The van der Waals surface area contributed by atoms with E-state index in [0.29, 0.717) is 0 Å². The van der Waals surface area contributed by atoms with Gasteiger partial charge in [0.15, 0.2) is 0 Å². The molecule has 2 rings (SSSR count). The van der Waals surface area contributed by atoms with Gasteiger partial charge in [-0.15, -0.1) is 0 Å². The van der Waals surface area contributed by atoms with Crippen molar-refractivity contribution in [1.29, 1.82) is 0 Å². The van der Waals surface area contributed by atoms with E-state index in [1.165, 1.54) is 5.56 Å². The van der Waals surface area contributed by atoms with Crippen LogP contribution >= 0.6 is 0 Å². The molecule has 1 atom stereocenters.